The lowest BCUT2D eigenvalue weighted by Crippen LogP contribution is -2.41. The van der Waals surface area contributed by atoms with Gasteiger partial charge in [0.15, 0.2) is 4.90 Å². The van der Waals surface area contributed by atoms with Crippen molar-refractivity contribution in [2.75, 3.05) is 4.72 Å². The Morgan fingerprint density at radius 1 is 0.926 bits per heavy atom. The number of nitrogens with one attached hydrogen (secondary N) is 1. The third-order valence-corrected chi connectivity index (χ3v) is 6.28. The Morgan fingerprint density at radius 2 is 1.44 bits per heavy atom. The maximum atomic E-state index is 13.8. The van der Waals surface area contributed by atoms with Gasteiger partial charge in [0, 0.05) is 5.69 Å². The van der Waals surface area contributed by atoms with Gasteiger partial charge in [-0.2, -0.15) is 0 Å². The van der Waals surface area contributed by atoms with Crippen molar-refractivity contribution in [3.63, 3.8) is 0 Å². The Bertz CT molecular complexity index is 943. The molecular weight excluding hydrogens is 375 g/mol. The molecule has 144 valence electrons. The molecule has 27 heavy (non-hydrogen) atoms. The molecule has 1 N–H and O–H groups in total. The lowest BCUT2D eigenvalue weighted by molar-refractivity contribution is 0.00578. The first-order chi connectivity index (χ1) is 12.4. The number of hydrogen-bond acceptors (Lipinski definition) is 4. The van der Waals surface area contributed by atoms with Crippen molar-refractivity contribution in [2.45, 2.75) is 43.8 Å². The van der Waals surface area contributed by atoms with Crippen LogP contribution in [0.3, 0.4) is 0 Å². The zero-order chi connectivity index (χ0) is 20.0. The third-order valence-electron chi connectivity index (χ3n) is 4.85. The molecule has 3 rings (SSSR count). The highest BCUT2D eigenvalue weighted by Crippen LogP contribution is 2.36. The Labute approximate surface area is 157 Å². The fourth-order valence-electron chi connectivity index (χ4n) is 2.67. The Morgan fingerprint density at radius 3 is 2.00 bits per heavy atom. The van der Waals surface area contributed by atoms with E-state index in [9.17, 15) is 17.2 Å². The second kappa shape index (κ2) is 6.58. The van der Waals surface area contributed by atoms with Crippen molar-refractivity contribution in [1.29, 1.82) is 0 Å². The second-order valence-electron chi connectivity index (χ2n) is 7.37. The summed E-state index contributed by atoms with van der Waals surface area (Å²) in [6.45, 7) is 7.61. The summed E-state index contributed by atoms with van der Waals surface area (Å²) in [5, 5.41) is 0. The van der Waals surface area contributed by atoms with Crippen LogP contribution in [-0.2, 0) is 19.3 Å². The largest absolute Gasteiger partial charge is 0.494 e. The van der Waals surface area contributed by atoms with Gasteiger partial charge < -0.3 is 9.31 Å². The summed E-state index contributed by atoms with van der Waals surface area (Å²) in [6, 6.07) is 9.20. The smallest absolute Gasteiger partial charge is 0.399 e. The highest BCUT2D eigenvalue weighted by Gasteiger charge is 2.51. The van der Waals surface area contributed by atoms with E-state index in [2.05, 4.69) is 4.72 Å². The maximum absolute atomic E-state index is 13.8. The van der Waals surface area contributed by atoms with Crippen LogP contribution in [0.1, 0.15) is 27.7 Å². The van der Waals surface area contributed by atoms with Crippen LogP contribution in [0.4, 0.5) is 14.5 Å². The first kappa shape index (κ1) is 19.8. The summed E-state index contributed by atoms with van der Waals surface area (Å²) in [4.78, 5) is -1.02. The Hall–Kier alpha value is -1.97. The van der Waals surface area contributed by atoms with E-state index < -0.39 is 44.9 Å². The molecule has 1 heterocycles. The summed E-state index contributed by atoms with van der Waals surface area (Å²) >= 11 is 0. The lowest BCUT2D eigenvalue weighted by Gasteiger charge is -2.32. The molecule has 0 aliphatic carbocycles. The van der Waals surface area contributed by atoms with Crippen LogP contribution in [0.15, 0.2) is 47.4 Å². The van der Waals surface area contributed by atoms with Gasteiger partial charge in [-0.25, -0.2) is 17.2 Å². The van der Waals surface area contributed by atoms with Crippen LogP contribution in [0, 0.1) is 11.6 Å². The summed E-state index contributed by atoms with van der Waals surface area (Å²) in [5.74, 6) is -2.32. The van der Waals surface area contributed by atoms with Crippen molar-refractivity contribution in [2.24, 2.45) is 0 Å². The molecule has 0 saturated carbocycles. The van der Waals surface area contributed by atoms with E-state index in [1.54, 1.807) is 12.1 Å². The predicted octanol–water partition coefficient (Wildman–Crippen LogP) is 3.06. The van der Waals surface area contributed by atoms with Crippen molar-refractivity contribution in [1.82, 2.24) is 0 Å². The molecule has 0 radical (unpaired) electrons. The fourth-order valence-corrected chi connectivity index (χ4v) is 3.86. The molecule has 0 unspecified atom stereocenters. The van der Waals surface area contributed by atoms with Crippen molar-refractivity contribution in [3.8, 4) is 0 Å². The standard InChI is InChI=1S/C18H20BF2NO4S/c1-17(2)18(3,4)26-19(25-17)12-7-5-8-13(11-12)22-27(23,24)16-14(20)9-6-10-15(16)21/h5-11,22H,1-4H3. The van der Waals surface area contributed by atoms with Gasteiger partial charge in [-0.15, -0.1) is 0 Å². The molecule has 0 bridgehead atoms. The summed E-state index contributed by atoms with van der Waals surface area (Å²) < 4.78 is 66.6. The molecule has 1 fully saturated rings. The molecule has 5 nitrogen and oxygen atoms in total. The van der Waals surface area contributed by atoms with E-state index in [-0.39, 0.29) is 5.69 Å². The van der Waals surface area contributed by atoms with E-state index in [4.69, 9.17) is 9.31 Å². The molecule has 9 heteroatoms. The highest BCUT2D eigenvalue weighted by molar-refractivity contribution is 7.92. The van der Waals surface area contributed by atoms with Gasteiger partial charge >= 0.3 is 7.12 Å². The van der Waals surface area contributed by atoms with Gasteiger partial charge in [0.2, 0.25) is 0 Å². The second-order valence-corrected chi connectivity index (χ2v) is 8.99. The van der Waals surface area contributed by atoms with Gasteiger partial charge in [0.05, 0.1) is 11.2 Å². The van der Waals surface area contributed by atoms with Crippen LogP contribution in [-0.4, -0.2) is 26.7 Å². The topological polar surface area (TPSA) is 64.6 Å². The molecule has 0 atom stereocenters. The van der Waals surface area contributed by atoms with Crippen molar-refractivity contribution in [3.05, 3.63) is 54.1 Å². The average molecular weight is 395 g/mol. The van der Waals surface area contributed by atoms with E-state index >= 15 is 0 Å². The van der Waals surface area contributed by atoms with Crippen LogP contribution in [0.5, 0.6) is 0 Å². The molecule has 1 saturated heterocycles. The van der Waals surface area contributed by atoms with Crippen LogP contribution < -0.4 is 10.2 Å². The highest BCUT2D eigenvalue weighted by atomic mass is 32.2. The summed E-state index contributed by atoms with van der Waals surface area (Å²) in [5.41, 5.74) is -0.375. The number of hydrogen-bond donors (Lipinski definition) is 1. The first-order valence-electron chi connectivity index (χ1n) is 8.35. The Kier molecular flexibility index (Phi) is 4.82. The van der Waals surface area contributed by atoms with Gasteiger partial charge in [-0.1, -0.05) is 18.2 Å². The quantitative estimate of drug-likeness (QED) is 0.809. The maximum Gasteiger partial charge on any atom is 0.494 e. The van der Waals surface area contributed by atoms with Crippen molar-refractivity contribution >= 4 is 28.3 Å². The minimum atomic E-state index is -4.44. The van der Waals surface area contributed by atoms with Crippen molar-refractivity contribution < 1.29 is 26.5 Å². The molecule has 0 spiro atoms. The molecule has 2 aromatic rings. The van der Waals surface area contributed by atoms with Gasteiger partial charge in [-0.3, -0.25) is 4.72 Å². The zero-order valence-corrected chi connectivity index (χ0v) is 16.2. The minimum Gasteiger partial charge on any atom is -0.399 e. The molecule has 2 aromatic carbocycles. The third kappa shape index (κ3) is 3.72. The lowest BCUT2D eigenvalue weighted by atomic mass is 9.79. The van der Waals surface area contributed by atoms with Gasteiger partial charge in [0.1, 0.15) is 11.6 Å². The fraction of sp³-hybridized carbons (Fsp3) is 0.333. The SMILES string of the molecule is CC1(C)OB(c2cccc(NS(=O)(=O)c3c(F)cccc3F)c2)OC1(C)C. The van der Waals surface area contributed by atoms with E-state index in [1.165, 1.54) is 12.1 Å². The minimum absolute atomic E-state index is 0.143. The van der Waals surface area contributed by atoms with Gasteiger partial charge in [0.25, 0.3) is 10.0 Å². The van der Waals surface area contributed by atoms with Gasteiger partial charge in [-0.05, 0) is 57.4 Å². The molecule has 1 aliphatic rings. The first-order valence-corrected chi connectivity index (χ1v) is 9.84. The number of benzene rings is 2. The molecule has 1 aliphatic heterocycles. The predicted molar refractivity (Wildman–Crippen MR) is 99.3 cm³/mol. The monoisotopic (exact) mass is 395 g/mol. The number of rotatable bonds is 4. The molecule has 0 aromatic heterocycles. The number of sulfonamides is 1. The van der Waals surface area contributed by atoms with E-state index in [0.29, 0.717) is 5.46 Å². The van der Waals surface area contributed by atoms with E-state index in [0.717, 1.165) is 18.2 Å². The molecular formula is C18H20BF2NO4S. The average Bonchev–Trinajstić information content (AvgIpc) is 2.75. The number of halogens is 2. The zero-order valence-electron chi connectivity index (χ0n) is 15.4. The van der Waals surface area contributed by atoms with Crippen LogP contribution in [0.25, 0.3) is 0 Å². The van der Waals surface area contributed by atoms with Crippen LogP contribution in [0.2, 0.25) is 0 Å². The molecule has 0 amide bonds. The normalized spacial score (nSPS) is 18.5. The number of anilines is 1. The summed E-state index contributed by atoms with van der Waals surface area (Å²) in [7, 11) is -5.13. The van der Waals surface area contributed by atoms with Crippen LogP contribution >= 0.6 is 0 Å². The van der Waals surface area contributed by atoms with E-state index in [1.807, 2.05) is 27.7 Å². The summed E-state index contributed by atoms with van der Waals surface area (Å²) in [6.07, 6.45) is 0. The Balaban J connectivity index is 1.89.